The van der Waals surface area contributed by atoms with E-state index in [0.717, 1.165) is 25.3 Å². The van der Waals surface area contributed by atoms with Crippen molar-refractivity contribution in [2.24, 2.45) is 0 Å². The third-order valence-corrected chi connectivity index (χ3v) is 1.95. The lowest BCUT2D eigenvalue weighted by molar-refractivity contribution is 0.141. The van der Waals surface area contributed by atoms with Crippen LogP contribution in [0.25, 0.3) is 0 Å². The molecule has 1 heterocycles. The van der Waals surface area contributed by atoms with Crippen LogP contribution in [0.1, 0.15) is 20.3 Å². The molecule has 0 aromatic rings. The summed E-state index contributed by atoms with van der Waals surface area (Å²) in [4.78, 5) is 2.26. The zero-order valence-electron chi connectivity index (χ0n) is 6.98. The molecule has 0 saturated carbocycles. The van der Waals surface area contributed by atoms with Gasteiger partial charge in [-0.15, -0.1) is 0 Å². The van der Waals surface area contributed by atoms with Gasteiger partial charge in [0.2, 0.25) is 0 Å². The summed E-state index contributed by atoms with van der Waals surface area (Å²) in [6, 6.07) is 0. The predicted octanol–water partition coefficient (Wildman–Crippen LogP) is 1.59. The fourth-order valence-electron chi connectivity index (χ4n) is 1.34. The molecule has 0 unspecified atom stereocenters. The summed E-state index contributed by atoms with van der Waals surface area (Å²) in [5.74, 6) is 1.09. The van der Waals surface area contributed by atoms with Crippen LogP contribution in [0.15, 0.2) is 11.5 Å². The van der Waals surface area contributed by atoms with Crippen LogP contribution in [0.3, 0.4) is 0 Å². The van der Waals surface area contributed by atoms with Crippen LogP contribution in [-0.2, 0) is 4.74 Å². The molecular formula is C8H15NO. The third-order valence-electron chi connectivity index (χ3n) is 1.95. The normalized spacial score (nSPS) is 19.3. The smallest absolute Gasteiger partial charge is 0.112 e. The molecule has 0 aliphatic carbocycles. The Morgan fingerprint density at radius 2 is 2.30 bits per heavy atom. The van der Waals surface area contributed by atoms with Gasteiger partial charge in [-0.25, -0.2) is 0 Å². The fraction of sp³-hybridized carbons (Fsp3) is 0.750. The van der Waals surface area contributed by atoms with E-state index >= 15 is 0 Å². The van der Waals surface area contributed by atoms with Crippen LogP contribution in [0.4, 0.5) is 0 Å². The summed E-state index contributed by atoms with van der Waals surface area (Å²) in [6.07, 6.45) is 1.07. The number of allylic oxidation sites excluding steroid dienone is 2. The Bertz CT molecular complexity index is 151. The van der Waals surface area contributed by atoms with Gasteiger partial charge in [0.1, 0.15) is 12.4 Å². The lowest BCUT2D eigenvalue weighted by Crippen LogP contribution is -2.28. The maximum atomic E-state index is 5.39. The van der Waals surface area contributed by atoms with E-state index in [-0.39, 0.29) is 0 Å². The molecule has 0 aromatic heterocycles. The molecule has 0 fully saturated rings. The predicted molar refractivity (Wildman–Crippen MR) is 41.6 cm³/mol. The van der Waals surface area contributed by atoms with Crippen molar-refractivity contribution in [1.82, 2.24) is 4.90 Å². The van der Waals surface area contributed by atoms with E-state index < -0.39 is 0 Å². The minimum absolute atomic E-state index is 0.839. The lowest BCUT2D eigenvalue weighted by atomic mass is 10.2. The highest BCUT2D eigenvalue weighted by Crippen LogP contribution is 2.17. The fourth-order valence-corrected chi connectivity index (χ4v) is 1.34. The van der Waals surface area contributed by atoms with Crippen molar-refractivity contribution in [1.29, 1.82) is 0 Å². The number of nitrogens with zero attached hydrogens (tertiary/aromatic N) is 1. The van der Waals surface area contributed by atoms with Crippen molar-refractivity contribution in [2.45, 2.75) is 20.3 Å². The quantitative estimate of drug-likeness (QED) is 0.550. The second-order valence-electron chi connectivity index (χ2n) is 2.63. The largest absolute Gasteiger partial charge is 0.495 e. The Balaban J connectivity index is 2.73. The highest BCUT2D eigenvalue weighted by atomic mass is 16.5. The van der Waals surface area contributed by atoms with Crippen molar-refractivity contribution in [3.63, 3.8) is 0 Å². The van der Waals surface area contributed by atoms with Crippen molar-refractivity contribution in [3.8, 4) is 0 Å². The number of rotatable bonds is 1. The number of hydrogen-bond acceptors (Lipinski definition) is 2. The molecule has 0 atom stereocenters. The van der Waals surface area contributed by atoms with E-state index in [1.165, 1.54) is 5.70 Å². The summed E-state index contributed by atoms with van der Waals surface area (Å²) in [5.41, 5.74) is 1.34. The van der Waals surface area contributed by atoms with Crippen LogP contribution in [0, 0.1) is 0 Å². The Morgan fingerprint density at radius 1 is 1.60 bits per heavy atom. The van der Waals surface area contributed by atoms with Crippen LogP contribution in [0.2, 0.25) is 0 Å². The van der Waals surface area contributed by atoms with Gasteiger partial charge in [0, 0.05) is 7.05 Å². The number of likely N-dealkylation sites (N-methyl/N-ethyl adjacent to an activating group) is 1. The first-order chi connectivity index (χ1) is 4.75. The van der Waals surface area contributed by atoms with Gasteiger partial charge in [-0.1, -0.05) is 6.92 Å². The van der Waals surface area contributed by atoms with E-state index in [1.807, 2.05) is 6.92 Å². The van der Waals surface area contributed by atoms with E-state index in [9.17, 15) is 0 Å². The number of hydrogen-bond donors (Lipinski definition) is 0. The molecule has 0 bridgehead atoms. The first kappa shape index (κ1) is 7.45. The molecule has 1 aliphatic heterocycles. The van der Waals surface area contributed by atoms with E-state index in [1.54, 1.807) is 0 Å². The van der Waals surface area contributed by atoms with Gasteiger partial charge in [0.15, 0.2) is 0 Å². The molecule has 1 rings (SSSR count). The van der Waals surface area contributed by atoms with Crippen molar-refractivity contribution in [3.05, 3.63) is 11.5 Å². The molecule has 1 aliphatic rings. The molecule has 0 aromatic carbocycles. The molecule has 58 valence electrons. The summed E-state index contributed by atoms with van der Waals surface area (Å²) in [5, 5.41) is 0. The molecule has 0 saturated heterocycles. The average molecular weight is 141 g/mol. The van der Waals surface area contributed by atoms with Crippen LogP contribution in [0.5, 0.6) is 0 Å². The third kappa shape index (κ3) is 1.25. The highest BCUT2D eigenvalue weighted by Gasteiger charge is 2.12. The summed E-state index contributed by atoms with van der Waals surface area (Å²) >= 11 is 0. The van der Waals surface area contributed by atoms with Gasteiger partial charge in [-0.2, -0.15) is 0 Å². The van der Waals surface area contributed by atoms with Gasteiger partial charge in [0.25, 0.3) is 0 Å². The van der Waals surface area contributed by atoms with Crippen LogP contribution in [-0.4, -0.2) is 25.1 Å². The second kappa shape index (κ2) is 2.95. The second-order valence-corrected chi connectivity index (χ2v) is 2.63. The maximum Gasteiger partial charge on any atom is 0.112 e. The lowest BCUT2D eigenvalue weighted by Gasteiger charge is -2.28. The van der Waals surface area contributed by atoms with Gasteiger partial charge < -0.3 is 9.64 Å². The zero-order chi connectivity index (χ0) is 7.56. The van der Waals surface area contributed by atoms with Crippen molar-refractivity contribution < 1.29 is 4.74 Å². The monoisotopic (exact) mass is 141 g/mol. The van der Waals surface area contributed by atoms with Crippen molar-refractivity contribution >= 4 is 0 Å². The van der Waals surface area contributed by atoms with Crippen molar-refractivity contribution in [2.75, 3.05) is 20.2 Å². The maximum absolute atomic E-state index is 5.39. The average Bonchev–Trinajstić information content (AvgIpc) is 1.88. The van der Waals surface area contributed by atoms with E-state index in [2.05, 4.69) is 18.9 Å². The minimum atomic E-state index is 0.839. The molecule has 0 radical (unpaired) electrons. The van der Waals surface area contributed by atoms with E-state index in [4.69, 9.17) is 4.74 Å². The Labute approximate surface area is 62.5 Å². The van der Waals surface area contributed by atoms with Gasteiger partial charge in [0.05, 0.1) is 12.2 Å². The molecule has 0 N–H and O–H groups in total. The first-order valence-electron chi connectivity index (χ1n) is 3.79. The SMILES string of the molecule is CCC1=C(C)OCCN1C. The minimum Gasteiger partial charge on any atom is -0.495 e. The summed E-state index contributed by atoms with van der Waals surface area (Å²) < 4.78 is 5.39. The Kier molecular flexibility index (Phi) is 2.20. The Hall–Kier alpha value is -0.660. The van der Waals surface area contributed by atoms with Crippen LogP contribution < -0.4 is 0 Å². The summed E-state index contributed by atoms with van der Waals surface area (Å²) in [7, 11) is 2.12. The first-order valence-corrected chi connectivity index (χ1v) is 3.79. The van der Waals surface area contributed by atoms with Gasteiger partial charge in [-0.3, -0.25) is 0 Å². The zero-order valence-corrected chi connectivity index (χ0v) is 6.98. The molecule has 2 nitrogen and oxygen atoms in total. The van der Waals surface area contributed by atoms with Gasteiger partial charge >= 0.3 is 0 Å². The van der Waals surface area contributed by atoms with Crippen LogP contribution >= 0.6 is 0 Å². The molecule has 2 heteroatoms. The topological polar surface area (TPSA) is 12.5 Å². The molecule has 0 spiro atoms. The molecule has 10 heavy (non-hydrogen) atoms. The summed E-state index contributed by atoms with van der Waals surface area (Å²) in [6.45, 7) is 6.06. The highest BCUT2D eigenvalue weighted by molar-refractivity contribution is 5.06. The van der Waals surface area contributed by atoms with Gasteiger partial charge in [-0.05, 0) is 13.3 Å². The molecule has 0 amide bonds. The number of ether oxygens (including phenoxy) is 1. The molecular weight excluding hydrogens is 126 g/mol. The standard InChI is InChI=1S/C8H15NO/c1-4-8-7(2)10-6-5-9(8)3/h4-6H2,1-3H3. The Morgan fingerprint density at radius 3 is 2.70 bits per heavy atom. The van der Waals surface area contributed by atoms with E-state index in [0.29, 0.717) is 0 Å².